The molecule has 1 saturated heterocycles. The predicted molar refractivity (Wildman–Crippen MR) is 53.8 cm³/mol. The summed E-state index contributed by atoms with van der Waals surface area (Å²) < 4.78 is 5.46. The first kappa shape index (κ1) is 9.65. The minimum absolute atomic E-state index is 0.0846. The number of morpholine rings is 1. The lowest BCUT2D eigenvalue weighted by Gasteiger charge is -2.38. The van der Waals surface area contributed by atoms with E-state index in [1.807, 2.05) is 37.3 Å². The maximum absolute atomic E-state index is 10.3. The van der Waals surface area contributed by atoms with Crippen molar-refractivity contribution in [1.82, 2.24) is 5.32 Å². The van der Waals surface area contributed by atoms with Gasteiger partial charge < -0.3 is 15.2 Å². The van der Waals surface area contributed by atoms with Crippen LogP contribution >= 0.6 is 0 Å². The van der Waals surface area contributed by atoms with Crippen LogP contribution in [-0.2, 0) is 10.5 Å². The molecule has 2 atom stereocenters. The summed E-state index contributed by atoms with van der Waals surface area (Å²) in [5.41, 5.74) is 0.805. The van der Waals surface area contributed by atoms with Gasteiger partial charge in [-0.15, -0.1) is 0 Å². The number of ether oxygens (including phenoxy) is 1. The van der Waals surface area contributed by atoms with Crippen LogP contribution in [0.5, 0.6) is 0 Å². The van der Waals surface area contributed by atoms with Crippen LogP contribution in [0.2, 0.25) is 0 Å². The fourth-order valence-corrected chi connectivity index (χ4v) is 1.76. The lowest BCUT2D eigenvalue weighted by Crippen LogP contribution is -2.54. The SMILES string of the molecule is C[C@H]1NCCO[C@@]1(O)c1ccccc1. The highest BCUT2D eigenvalue weighted by Gasteiger charge is 2.38. The molecule has 14 heavy (non-hydrogen) atoms. The van der Waals surface area contributed by atoms with Gasteiger partial charge in [-0.05, 0) is 6.92 Å². The second kappa shape index (κ2) is 3.69. The summed E-state index contributed by atoms with van der Waals surface area (Å²) in [5.74, 6) is -1.18. The van der Waals surface area contributed by atoms with Gasteiger partial charge in [0.05, 0.1) is 12.6 Å². The quantitative estimate of drug-likeness (QED) is 0.694. The summed E-state index contributed by atoms with van der Waals surface area (Å²) in [4.78, 5) is 0. The maximum Gasteiger partial charge on any atom is 0.208 e. The molecule has 0 aromatic heterocycles. The van der Waals surface area contributed by atoms with Crippen molar-refractivity contribution in [2.75, 3.05) is 13.2 Å². The molecule has 2 N–H and O–H groups in total. The van der Waals surface area contributed by atoms with Crippen molar-refractivity contribution in [1.29, 1.82) is 0 Å². The zero-order valence-corrected chi connectivity index (χ0v) is 8.23. The van der Waals surface area contributed by atoms with E-state index in [1.54, 1.807) is 0 Å². The second-order valence-electron chi connectivity index (χ2n) is 3.59. The zero-order valence-electron chi connectivity index (χ0n) is 8.23. The van der Waals surface area contributed by atoms with Gasteiger partial charge in [0.2, 0.25) is 5.79 Å². The zero-order chi connectivity index (χ0) is 10.0. The third kappa shape index (κ3) is 1.54. The Balaban J connectivity index is 2.30. The van der Waals surface area contributed by atoms with Crippen molar-refractivity contribution in [3.05, 3.63) is 35.9 Å². The number of hydrogen-bond donors (Lipinski definition) is 2. The van der Waals surface area contributed by atoms with Crippen LogP contribution in [0, 0.1) is 0 Å². The van der Waals surface area contributed by atoms with E-state index in [0.717, 1.165) is 12.1 Å². The monoisotopic (exact) mass is 193 g/mol. The molecule has 2 rings (SSSR count). The Morgan fingerprint density at radius 1 is 1.43 bits per heavy atom. The molecule has 3 heteroatoms. The van der Waals surface area contributed by atoms with Crippen molar-refractivity contribution in [2.45, 2.75) is 18.8 Å². The Labute approximate surface area is 83.7 Å². The Morgan fingerprint density at radius 2 is 2.14 bits per heavy atom. The van der Waals surface area contributed by atoms with Gasteiger partial charge in [-0.3, -0.25) is 0 Å². The minimum Gasteiger partial charge on any atom is -0.361 e. The van der Waals surface area contributed by atoms with Crippen molar-refractivity contribution in [3.63, 3.8) is 0 Å². The van der Waals surface area contributed by atoms with E-state index in [0.29, 0.717) is 6.61 Å². The third-order valence-electron chi connectivity index (χ3n) is 2.65. The molecule has 1 aliphatic heterocycles. The normalized spacial score (nSPS) is 32.9. The minimum atomic E-state index is -1.18. The number of benzene rings is 1. The van der Waals surface area contributed by atoms with Crippen LogP contribution in [-0.4, -0.2) is 24.3 Å². The molecule has 0 unspecified atom stereocenters. The van der Waals surface area contributed by atoms with Crippen LogP contribution in [0.3, 0.4) is 0 Å². The topological polar surface area (TPSA) is 41.5 Å². The van der Waals surface area contributed by atoms with Crippen LogP contribution < -0.4 is 5.32 Å². The lowest BCUT2D eigenvalue weighted by molar-refractivity contribution is -0.245. The van der Waals surface area contributed by atoms with E-state index < -0.39 is 5.79 Å². The summed E-state index contributed by atoms with van der Waals surface area (Å²) in [6.45, 7) is 3.25. The number of rotatable bonds is 1. The highest BCUT2D eigenvalue weighted by Crippen LogP contribution is 2.28. The maximum atomic E-state index is 10.3. The third-order valence-corrected chi connectivity index (χ3v) is 2.65. The molecule has 3 nitrogen and oxygen atoms in total. The highest BCUT2D eigenvalue weighted by atomic mass is 16.6. The van der Waals surface area contributed by atoms with Gasteiger partial charge in [-0.1, -0.05) is 30.3 Å². The molecule has 1 aromatic carbocycles. The van der Waals surface area contributed by atoms with Crippen molar-refractivity contribution < 1.29 is 9.84 Å². The average molecular weight is 193 g/mol. The Morgan fingerprint density at radius 3 is 2.79 bits per heavy atom. The average Bonchev–Trinajstić information content (AvgIpc) is 2.24. The number of aliphatic hydroxyl groups is 1. The van der Waals surface area contributed by atoms with E-state index in [1.165, 1.54) is 0 Å². The summed E-state index contributed by atoms with van der Waals surface area (Å²) in [7, 11) is 0. The van der Waals surface area contributed by atoms with Gasteiger partial charge in [-0.25, -0.2) is 0 Å². The molecular formula is C11H15NO2. The van der Waals surface area contributed by atoms with Crippen molar-refractivity contribution in [3.8, 4) is 0 Å². The molecule has 1 heterocycles. The van der Waals surface area contributed by atoms with Gasteiger partial charge in [0.25, 0.3) is 0 Å². The molecule has 0 saturated carbocycles. The van der Waals surface area contributed by atoms with Crippen LogP contribution in [0.4, 0.5) is 0 Å². The van der Waals surface area contributed by atoms with Gasteiger partial charge in [-0.2, -0.15) is 0 Å². The Hall–Kier alpha value is -0.900. The van der Waals surface area contributed by atoms with E-state index in [4.69, 9.17) is 4.74 Å². The fourth-order valence-electron chi connectivity index (χ4n) is 1.76. The first-order valence-corrected chi connectivity index (χ1v) is 4.89. The van der Waals surface area contributed by atoms with Crippen molar-refractivity contribution in [2.24, 2.45) is 0 Å². The van der Waals surface area contributed by atoms with Gasteiger partial charge in [0, 0.05) is 12.1 Å². The molecule has 1 aliphatic rings. The van der Waals surface area contributed by atoms with E-state index in [2.05, 4.69) is 5.32 Å². The van der Waals surface area contributed by atoms with Crippen LogP contribution in [0.1, 0.15) is 12.5 Å². The van der Waals surface area contributed by atoms with E-state index in [-0.39, 0.29) is 6.04 Å². The molecule has 0 radical (unpaired) electrons. The Kier molecular flexibility index (Phi) is 2.54. The van der Waals surface area contributed by atoms with E-state index in [9.17, 15) is 5.11 Å². The standard InChI is InChI=1S/C11H15NO2/c1-9-11(13,14-8-7-12-9)10-5-3-2-4-6-10/h2-6,9,12-13H,7-8H2,1H3/t9-,11-/m1/s1. The summed E-state index contributed by atoms with van der Waals surface area (Å²) in [6, 6.07) is 9.40. The van der Waals surface area contributed by atoms with Gasteiger partial charge in [0.1, 0.15) is 0 Å². The molecule has 1 fully saturated rings. The molecule has 0 amide bonds. The summed E-state index contributed by atoms with van der Waals surface area (Å²) in [5, 5.41) is 13.5. The molecular weight excluding hydrogens is 178 g/mol. The highest BCUT2D eigenvalue weighted by molar-refractivity contribution is 5.22. The molecule has 1 aromatic rings. The first-order valence-electron chi connectivity index (χ1n) is 4.89. The first-order chi connectivity index (χ1) is 6.73. The summed E-state index contributed by atoms with van der Waals surface area (Å²) >= 11 is 0. The number of nitrogens with one attached hydrogen (secondary N) is 1. The fraction of sp³-hybridized carbons (Fsp3) is 0.455. The lowest BCUT2D eigenvalue weighted by atomic mass is 9.98. The van der Waals surface area contributed by atoms with Gasteiger partial charge >= 0.3 is 0 Å². The largest absolute Gasteiger partial charge is 0.361 e. The molecule has 76 valence electrons. The van der Waals surface area contributed by atoms with Crippen molar-refractivity contribution >= 4 is 0 Å². The van der Waals surface area contributed by atoms with E-state index >= 15 is 0 Å². The van der Waals surface area contributed by atoms with Crippen LogP contribution in [0.15, 0.2) is 30.3 Å². The second-order valence-corrected chi connectivity index (χ2v) is 3.59. The molecule has 0 bridgehead atoms. The molecule has 0 aliphatic carbocycles. The van der Waals surface area contributed by atoms with Crippen LogP contribution in [0.25, 0.3) is 0 Å². The Bertz CT molecular complexity index is 301. The number of hydrogen-bond acceptors (Lipinski definition) is 3. The smallest absolute Gasteiger partial charge is 0.208 e. The van der Waals surface area contributed by atoms with Gasteiger partial charge in [0.15, 0.2) is 0 Å². The predicted octanol–water partition coefficient (Wildman–Crippen LogP) is 0.840. The molecule has 0 spiro atoms. The summed E-state index contributed by atoms with van der Waals surface area (Å²) in [6.07, 6.45) is 0.